The Labute approximate surface area is 109 Å². The summed E-state index contributed by atoms with van der Waals surface area (Å²) in [5, 5.41) is 9.11. The largest absolute Gasteiger partial charge is 0.392 e. The Balaban J connectivity index is 2.16. The van der Waals surface area contributed by atoms with Gasteiger partial charge < -0.3 is 14.7 Å². The van der Waals surface area contributed by atoms with Crippen molar-refractivity contribution in [3.63, 3.8) is 0 Å². The second kappa shape index (κ2) is 5.67. The predicted molar refractivity (Wildman–Crippen MR) is 71.7 cm³/mol. The van der Waals surface area contributed by atoms with Crippen molar-refractivity contribution < 1.29 is 9.84 Å². The van der Waals surface area contributed by atoms with Gasteiger partial charge in [-0.15, -0.1) is 0 Å². The van der Waals surface area contributed by atoms with E-state index in [4.69, 9.17) is 9.84 Å². The normalized spacial score (nSPS) is 24.3. The Morgan fingerprint density at radius 2 is 2.33 bits per heavy atom. The molecule has 2 rings (SSSR count). The molecule has 2 unspecified atom stereocenters. The van der Waals surface area contributed by atoms with Gasteiger partial charge in [-0.2, -0.15) is 0 Å². The van der Waals surface area contributed by atoms with Gasteiger partial charge in [0.05, 0.1) is 12.7 Å². The van der Waals surface area contributed by atoms with Crippen molar-refractivity contribution in [3.8, 4) is 0 Å². The third kappa shape index (κ3) is 2.65. The first kappa shape index (κ1) is 13.3. The summed E-state index contributed by atoms with van der Waals surface area (Å²) in [5.74, 6) is 1.04. The molecule has 0 radical (unpaired) electrons. The van der Waals surface area contributed by atoms with E-state index >= 15 is 0 Å². The van der Waals surface area contributed by atoms with E-state index in [1.165, 1.54) is 0 Å². The second-order valence-electron chi connectivity index (χ2n) is 5.07. The number of piperidine rings is 1. The summed E-state index contributed by atoms with van der Waals surface area (Å²) in [7, 11) is 1.78. The maximum absolute atomic E-state index is 9.11. The van der Waals surface area contributed by atoms with Crippen LogP contribution in [0.3, 0.4) is 0 Å². The van der Waals surface area contributed by atoms with E-state index in [0.29, 0.717) is 12.1 Å². The minimum Gasteiger partial charge on any atom is -0.392 e. The molecule has 0 bridgehead atoms. The number of aliphatic hydroxyl groups is 1. The number of aliphatic hydroxyl groups excluding tert-OH is 1. The molecule has 0 saturated carbocycles. The molecule has 100 valence electrons. The first-order valence-electron chi connectivity index (χ1n) is 6.51. The van der Waals surface area contributed by atoms with Crippen LogP contribution in [0.25, 0.3) is 0 Å². The highest BCUT2D eigenvalue weighted by Gasteiger charge is 2.26. The molecule has 0 aromatic carbocycles. The number of pyridine rings is 1. The van der Waals surface area contributed by atoms with Crippen LogP contribution in [0.2, 0.25) is 0 Å². The smallest absolute Gasteiger partial charge is 0.131 e. The fourth-order valence-corrected chi connectivity index (χ4v) is 2.67. The van der Waals surface area contributed by atoms with Gasteiger partial charge in [0, 0.05) is 25.9 Å². The molecule has 0 spiro atoms. The van der Waals surface area contributed by atoms with Gasteiger partial charge in [0.2, 0.25) is 0 Å². The van der Waals surface area contributed by atoms with Crippen LogP contribution >= 0.6 is 0 Å². The molecule has 2 atom stereocenters. The quantitative estimate of drug-likeness (QED) is 0.889. The monoisotopic (exact) mass is 250 g/mol. The summed E-state index contributed by atoms with van der Waals surface area (Å²) >= 11 is 0. The summed E-state index contributed by atoms with van der Waals surface area (Å²) in [6.45, 7) is 5.30. The topological polar surface area (TPSA) is 45.6 Å². The molecular formula is C14H22N2O2. The molecule has 0 aliphatic carbocycles. The Morgan fingerprint density at radius 3 is 2.89 bits per heavy atom. The van der Waals surface area contributed by atoms with Crippen LogP contribution in [0, 0.1) is 6.92 Å². The van der Waals surface area contributed by atoms with Crippen molar-refractivity contribution in [2.24, 2.45) is 0 Å². The second-order valence-corrected chi connectivity index (χ2v) is 5.07. The average molecular weight is 250 g/mol. The highest BCUT2D eigenvalue weighted by atomic mass is 16.5. The zero-order valence-corrected chi connectivity index (χ0v) is 11.4. The first-order chi connectivity index (χ1) is 8.65. The molecule has 1 aromatic rings. The van der Waals surface area contributed by atoms with Crippen molar-refractivity contribution in [2.75, 3.05) is 18.6 Å². The number of anilines is 1. The van der Waals surface area contributed by atoms with Crippen molar-refractivity contribution in [1.29, 1.82) is 0 Å². The van der Waals surface area contributed by atoms with Gasteiger partial charge in [-0.1, -0.05) is 0 Å². The molecule has 1 fully saturated rings. The maximum atomic E-state index is 9.11. The van der Waals surface area contributed by atoms with Crippen LogP contribution in [0.4, 0.5) is 5.82 Å². The predicted octanol–water partition coefficient (Wildman–Crippen LogP) is 1.89. The highest BCUT2D eigenvalue weighted by Crippen LogP contribution is 2.27. The molecule has 18 heavy (non-hydrogen) atoms. The van der Waals surface area contributed by atoms with Gasteiger partial charge >= 0.3 is 0 Å². The van der Waals surface area contributed by atoms with Gasteiger partial charge in [-0.05, 0) is 43.9 Å². The fourth-order valence-electron chi connectivity index (χ4n) is 2.67. The van der Waals surface area contributed by atoms with Crippen LogP contribution < -0.4 is 4.90 Å². The molecule has 1 aliphatic heterocycles. The van der Waals surface area contributed by atoms with Crippen LogP contribution in [0.1, 0.15) is 30.9 Å². The average Bonchev–Trinajstić information content (AvgIpc) is 2.39. The minimum absolute atomic E-state index is 0.0510. The Kier molecular flexibility index (Phi) is 4.19. The van der Waals surface area contributed by atoms with E-state index in [-0.39, 0.29) is 6.61 Å². The van der Waals surface area contributed by atoms with Crippen molar-refractivity contribution in [1.82, 2.24) is 4.98 Å². The van der Waals surface area contributed by atoms with Gasteiger partial charge in [0.25, 0.3) is 0 Å². The lowest BCUT2D eigenvalue weighted by atomic mass is 10.00. The number of hydrogen-bond acceptors (Lipinski definition) is 4. The third-order valence-corrected chi connectivity index (χ3v) is 3.72. The maximum Gasteiger partial charge on any atom is 0.131 e. The van der Waals surface area contributed by atoms with Gasteiger partial charge in [-0.3, -0.25) is 0 Å². The third-order valence-electron chi connectivity index (χ3n) is 3.72. The summed E-state index contributed by atoms with van der Waals surface area (Å²) in [5.41, 5.74) is 2.00. The number of nitrogens with zero attached hydrogens (tertiary/aromatic N) is 2. The Morgan fingerprint density at radius 1 is 1.56 bits per heavy atom. The lowest BCUT2D eigenvalue weighted by Crippen LogP contribution is -2.44. The molecule has 1 aliphatic rings. The van der Waals surface area contributed by atoms with Gasteiger partial charge in [0.1, 0.15) is 5.82 Å². The molecule has 1 aromatic heterocycles. The molecule has 1 N–H and O–H groups in total. The molecule has 0 amide bonds. The lowest BCUT2D eigenvalue weighted by Gasteiger charge is -2.38. The summed E-state index contributed by atoms with van der Waals surface area (Å²) in [4.78, 5) is 6.84. The summed E-state index contributed by atoms with van der Waals surface area (Å²) < 4.78 is 5.43. The first-order valence-corrected chi connectivity index (χ1v) is 6.51. The highest BCUT2D eigenvalue weighted by molar-refractivity contribution is 5.48. The molecule has 4 nitrogen and oxygen atoms in total. The van der Waals surface area contributed by atoms with E-state index in [0.717, 1.165) is 36.3 Å². The number of hydrogen-bond donors (Lipinski definition) is 1. The summed E-state index contributed by atoms with van der Waals surface area (Å²) in [6, 6.07) is 2.45. The van der Waals surface area contributed by atoms with E-state index in [9.17, 15) is 0 Å². The number of aryl methyl sites for hydroxylation is 1. The lowest BCUT2D eigenvalue weighted by molar-refractivity contribution is 0.0719. The van der Waals surface area contributed by atoms with Crippen molar-refractivity contribution in [3.05, 3.63) is 23.4 Å². The van der Waals surface area contributed by atoms with Gasteiger partial charge in [0.15, 0.2) is 0 Å². The van der Waals surface area contributed by atoms with Crippen LogP contribution in [0.5, 0.6) is 0 Å². The van der Waals surface area contributed by atoms with Crippen molar-refractivity contribution in [2.45, 2.75) is 45.4 Å². The Bertz CT molecular complexity index is 409. The zero-order valence-electron chi connectivity index (χ0n) is 11.4. The van der Waals surface area contributed by atoms with E-state index < -0.39 is 0 Å². The summed E-state index contributed by atoms with van der Waals surface area (Å²) in [6.07, 6.45) is 4.22. The van der Waals surface area contributed by atoms with Crippen LogP contribution in [0.15, 0.2) is 12.3 Å². The van der Waals surface area contributed by atoms with Crippen LogP contribution in [-0.2, 0) is 11.3 Å². The molecule has 4 heteroatoms. The van der Waals surface area contributed by atoms with Gasteiger partial charge in [-0.25, -0.2) is 4.98 Å². The van der Waals surface area contributed by atoms with E-state index in [1.807, 2.05) is 6.07 Å². The molecule has 1 saturated heterocycles. The zero-order chi connectivity index (χ0) is 13.1. The fraction of sp³-hybridized carbons (Fsp3) is 0.643. The van der Waals surface area contributed by atoms with Crippen molar-refractivity contribution >= 4 is 5.82 Å². The van der Waals surface area contributed by atoms with E-state index in [2.05, 4.69) is 23.7 Å². The standard InChI is InChI=1S/C14H22N2O2/c1-10-6-12(9-17)8-15-14(10)16-5-4-13(18-3)7-11(16)2/h6,8,11,13,17H,4-5,7,9H2,1-3H3. The Hall–Kier alpha value is -1.13. The molecule has 2 heterocycles. The number of aromatic nitrogens is 1. The van der Waals surface area contributed by atoms with E-state index in [1.54, 1.807) is 13.3 Å². The number of methoxy groups -OCH3 is 1. The molecular weight excluding hydrogens is 228 g/mol. The number of rotatable bonds is 3. The van der Waals surface area contributed by atoms with Crippen LogP contribution in [-0.4, -0.2) is 35.9 Å². The SMILES string of the molecule is COC1CCN(c2ncc(CO)cc2C)C(C)C1. The minimum atomic E-state index is 0.0510. The number of ether oxygens (including phenoxy) is 1.